The zero-order valence-electron chi connectivity index (χ0n) is 78.9. The van der Waals surface area contributed by atoms with Crippen LogP contribution >= 0.6 is 0 Å². The number of pyridine rings is 1. The van der Waals surface area contributed by atoms with Crippen molar-refractivity contribution < 1.29 is 96.3 Å². The molecule has 7 aromatic rings. The molecule has 1 aliphatic carbocycles. The number of benzene rings is 1. The minimum absolute atomic E-state index is 0.0134. The maximum Gasteiger partial charge on any atom is 0.407 e. The number of cyclic esters (lactones) is 1. The number of H-pyrrole nitrogens is 1. The Balaban J connectivity index is 0.495. The molecule has 12 N–H and O–H groups in total. The van der Waals surface area contributed by atoms with Gasteiger partial charge >= 0.3 is 12.1 Å². The van der Waals surface area contributed by atoms with Gasteiger partial charge in [-0.2, -0.15) is 10.1 Å². The predicted molar refractivity (Wildman–Crippen MR) is 503 cm³/mol. The fourth-order valence-electron chi connectivity index (χ4n) is 18.5. The Morgan fingerprint density at radius 2 is 1.43 bits per heavy atom. The van der Waals surface area contributed by atoms with E-state index in [1.54, 1.807) is 46.5 Å². The number of fused-ring (bicyclic) bond motifs is 6. The van der Waals surface area contributed by atoms with Crippen LogP contribution in [0.1, 0.15) is 158 Å². The van der Waals surface area contributed by atoms with E-state index < -0.39 is 126 Å². The van der Waals surface area contributed by atoms with Crippen LogP contribution < -0.4 is 37.6 Å². The lowest BCUT2D eigenvalue weighted by molar-refractivity contribution is -0.265. The van der Waals surface area contributed by atoms with E-state index in [0.717, 1.165) is 44.6 Å². The van der Waals surface area contributed by atoms with E-state index in [-0.39, 0.29) is 93.2 Å². The van der Waals surface area contributed by atoms with Gasteiger partial charge in [-0.25, -0.2) is 44.2 Å². The third-order valence-corrected chi connectivity index (χ3v) is 26.6. The second kappa shape index (κ2) is 48.5. The summed E-state index contributed by atoms with van der Waals surface area (Å²) < 4.78 is 54.7. The highest BCUT2D eigenvalue weighted by molar-refractivity contribution is 6.39. The summed E-state index contributed by atoms with van der Waals surface area (Å²) in [5, 5.41) is 46.9. The quantitative estimate of drug-likeness (QED) is 0.0102. The molecule has 6 aliphatic rings. The van der Waals surface area contributed by atoms with Crippen LogP contribution in [0.3, 0.4) is 0 Å². The predicted octanol–water partition coefficient (Wildman–Crippen LogP) is 6.73. The number of esters is 1. The van der Waals surface area contributed by atoms with Crippen LogP contribution in [-0.2, 0) is 97.5 Å². The molecule has 39 heteroatoms. The number of ether oxygens (including phenoxy) is 9. The van der Waals surface area contributed by atoms with E-state index in [2.05, 4.69) is 68.7 Å². The number of nitrogens with two attached hydrogens (primary N) is 3. The Morgan fingerprint density at radius 3 is 2.17 bits per heavy atom. The van der Waals surface area contributed by atoms with Crippen LogP contribution in [0.4, 0.5) is 28.3 Å². The van der Waals surface area contributed by atoms with Gasteiger partial charge in [0.25, 0.3) is 17.6 Å². The highest BCUT2D eigenvalue weighted by Gasteiger charge is 2.53. The Kier molecular flexibility index (Phi) is 36.3. The summed E-state index contributed by atoms with van der Waals surface area (Å²) >= 11 is 0. The molecule has 0 unspecified atom stereocenters. The molecule has 39 nitrogen and oxygen atoms in total. The molecule has 136 heavy (non-hydrogen) atoms. The molecule has 0 radical (unpaired) electrons. The Hall–Kier alpha value is -11.5. The first-order valence-corrected chi connectivity index (χ1v) is 47.2. The number of Topliss-reactive ketones (excluding diaryl/α,β-unsaturated/α-hetero) is 3. The second-order valence-corrected chi connectivity index (χ2v) is 36.4. The number of alkyl carbamates (subject to hydrolysis) is 1. The molecule has 15 atom stereocenters. The van der Waals surface area contributed by atoms with E-state index in [0.29, 0.717) is 177 Å². The van der Waals surface area contributed by atoms with E-state index >= 15 is 0 Å². The van der Waals surface area contributed by atoms with Gasteiger partial charge in [0.15, 0.2) is 11.4 Å². The summed E-state index contributed by atoms with van der Waals surface area (Å²) in [7, 11) is 3.05. The average molecular weight is 1880 g/mol. The van der Waals surface area contributed by atoms with Gasteiger partial charge in [0.1, 0.15) is 65.5 Å². The molecule has 5 aliphatic heterocycles. The van der Waals surface area contributed by atoms with Gasteiger partial charge in [-0.1, -0.05) is 82.4 Å². The third-order valence-electron chi connectivity index (χ3n) is 26.6. The van der Waals surface area contributed by atoms with Gasteiger partial charge < -0.3 is 110 Å². The van der Waals surface area contributed by atoms with Crippen LogP contribution in [0.5, 0.6) is 0 Å². The summed E-state index contributed by atoms with van der Waals surface area (Å²) in [6.07, 6.45) is 17.1. The number of rotatable bonds is 29. The highest BCUT2D eigenvalue weighted by atomic mass is 16.6. The van der Waals surface area contributed by atoms with Crippen molar-refractivity contribution in [1.29, 1.82) is 0 Å². The molecule has 1 aromatic carbocycles. The lowest BCUT2D eigenvalue weighted by atomic mass is 9.80. The summed E-state index contributed by atoms with van der Waals surface area (Å²) in [6, 6.07) is 8.01. The zero-order chi connectivity index (χ0) is 96.7. The number of piperazine rings is 1. The van der Waals surface area contributed by atoms with E-state index in [9.17, 15) is 53.7 Å². The fraction of sp³-hybridized carbons (Fsp3) is 0.567. The minimum atomic E-state index is -2.52. The van der Waals surface area contributed by atoms with Gasteiger partial charge in [0, 0.05) is 157 Å². The summed E-state index contributed by atoms with van der Waals surface area (Å²) in [5.41, 5.74) is 27.7. The number of nitrogens with zero attached hydrogens (tertiary/aromatic N) is 13. The van der Waals surface area contributed by atoms with Crippen molar-refractivity contribution >= 4 is 92.7 Å². The van der Waals surface area contributed by atoms with Crippen molar-refractivity contribution in [2.75, 3.05) is 134 Å². The van der Waals surface area contributed by atoms with Crippen molar-refractivity contribution in [2.24, 2.45) is 35.3 Å². The van der Waals surface area contributed by atoms with Crippen LogP contribution in [0.2, 0.25) is 0 Å². The highest BCUT2D eigenvalue weighted by Crippen LogP contribution is 2.39. The number of aliphatic hydroxyl groups excluding tert-OH is 2. The summed E-state index contributed by atoms with van der Waals surface area (Å²) in [4.78, 5) is 153. The van der Waals surface area contributed by atoms with E-state index in [4.69, 9.17) is 64.9 Å². The molecule has 6 aromatic heterocycles. The monoisotopic (exact) mass is 1880 g/mol. The van der Waals surface area contributed by atoms with Crippen LogP contribution in [0.25, 0.3) is 33.3 Å². The van der Waals surface area contributed by atoms with Crippen molar-refractivity contribution in [3.63, 3.8) is 0 Å². The van der Waals surface area contributed by atoms with Crippen molar-refractivity contribution in [3.8, 4) is 11.3 Å². The van der Waals surface area contributed by atoms with Crippen molar-refractivity contribution in [3.05, 3.63) is 143 Å². The number of aromatic nitrogens is 10. The fourth-order valence-corrected chi connectivity index (χ4v) is 18.5. The number of carbonyl (C=O) groups is 8. The molecule has 0 spiro atoms. The third kappa shape index (κ3) is 26.4. The number of ketones is 3. The van der Waals surface area contributed by atoms with Gasteiger partial charge in [-0.3, -0.25) is 28.8 Å². The Bertz CT molecular complexity index is 5410. The molecule has 734 valence electrons. The van der Waals surface area contributed by atoms with Crippen LogP contribution in [0, 0.1) is 29.6 Å². The number of hydrogen-bond donors (Lipinski definition) is 9. The number of nitrogens with one attached hydrogen (secondary N) is 3. The molecule has 1 saturated carbocycles. The molecular formula is C97H131N19O20. The van der Waals surface area contributed by atoms with Crippen LogP contribution in [-0.4, -0.2) is 295 Å². The number of aromatic amines is 1. The number of carbonyl (C=O) groups excluding carboxylic acids is 8. The number of nitrogen functional groups attached to an aromatic ring is 2. The first kappa shape index (κ1) is 102. The normalized spacial score (nSPS) is 26.6. The number of aliphatic hydroxyl groups is 3. The Morgan fingerprint density at radius 1 is 0.706 bits per heavy atom. The first-order valence-electron chi connectivity index (χ1n) is 47.2. The molecule has 4 fully saturated rings. The second-order valence-electron chi connectivity index (χ2n) is 36.4. The SMILES string of the molecule is CO[C@H]1C[C@@H]2CC[C@@H](C)[C@@](O)(O2)C(=O)C(=O)N2CCCC[C@H]2C(=O)O[C@H]([C@H](N)C[C@@H]2CC[C@@H](OC(=O)NCc3cnc(N4CCN(c5ncc(C(=O)NCCOCCOCCOCCOCCC(=O)N6CCc7cc(Cn8nc(-c9cnc%10[nH]ccc%10c9)c9c(N)ncnc98)ccc7C6)c(N)n5)CC4)nc3)[C@H](OC)C2)CC(=O)[C@H](C)/C=C(\C)[C@@H](O)[C@@H](O)C(=O)[C@H](C)C[C@H](C)/C=C/C=C/C=C/1C. The largest absolute Gasteiger partial charge is 0.459 e. The standard InChI is InChI=1S/C97H131N19O20/c1-58-14-10-9-11-15-59(2)77(128-7)48-71-21-17-63(6)97(127,136-71)86(122)92(124)115-28-13-12-16-74(115)93(125)134-78(49-75(117)60(3)43-62(5)84(120)85(121)83(119)61(4)42-58)73(98)45-64-19-22-76(79(46-64)129-8)135-96(126)107-52-66-50-104-94(105-51-66)112-30-32-113(33-31-112)95-106-54-72(87(99)110-95)91(123)102-27-35-131-37-39-133-41-40-132-38-36-130-34-25-80(118)114-29-24-67-44-65(18-20-69(67)56-114)55-116-90-81(88(100)108-57-109-90)82(111-116)70-47-68-23-26-101-89(68)103-53-70/h9-11,14-15,18,20,23,26,43-44,47,50-51,53-54,57-58,60-61,63-64,71,73-74,76-79,84-85,120-121,127H,12-13,16-17,19,21-22,24-25,27-42,45-46,48-49,52,55-56,98H2,1-8H3,(H,101,103)(H,102,123)(H,107,126)(H2,99,106,110)(H2,100,108,109)/b11-9+,14-10+,59-15+,62-43+/t58-,60-,61-,63-,64+,71+,73-,74+,76-,77+,78+,79-,84-,85+,97-/m1/s1. The lowest BCUT2D eigenvalue weighted by Gasteiger charge is -2.42. The van der Waals surface area contributed by atoms with Gasteiger partial charge in [-0.05, 0) is 136 Å². The number of allylic oxidation sites excluding steroid dienone is 6. The number of hydrogen-bond acceptors (Lipinski definition) is 33. The number of anilines is 4. The maximum atomic E-state index is 14.7. The van der Waals surface area contributed by atoms with Gasteiger partial charge in [0.2, 0.25) is 23.6 Å². The lowest BCUT2D eigenvalue weighted by Crippen LogP contribution is -2.61. The van der Waals surface area contributed by atoms with Crippen LogP contribution in [0.15, 0.2) is 115 Å². The smallest absolute Gasteiger partial charge is 0.407 e. The minimum Gasteiger partial charge on any atom is -0.459 e. The first-order chi connectivity index (χ1) is 65.5. The van der Waals surface area contributed by atoms with E-state index in [1.165, 1.54) is 38.2 Å². The number of methoxy groups -OCH3 is 2. The topological polar surface area (TPSA) is 519 Å². The molecular weight excluding hydrogens is 1750 g/mol. The molecule has 13 rings (SSSR count). The summed E-state index contributed by atoms with van der Waals surface area (Å²) in [6.45, 7) is 16.6. The van der Waals surface area contributed by atoms with Gasteiger partial charge in [0.05, 0.1) is 95.1 Å². The van der Waals surface area contributed by atoms with Crippen molar-refractivity contribution in [1.82, 2.24) is 70.1 Å². The molecule has 4 amide bonds. The molecule has 11 heterocycles. The average Bonchev–Trinajstić information content (AvgIpc) is 1.61. The van der Waals surface area contributed by atoms with E-state index in [1.807, 2.05) is 81.9 Å². The maximum absolute atomic E-state index is 14.7. The zero-order valence-corrected chi connectivity index (χ0v) is 78.9. The van der Waals surface area contributed by atoms with Crippen molar-refractivity contribution in [2.45, 2.75) is 212 Å². The van der Waals surface area contributed by atoms with Gasteiger partial charge in [-0.15, -0.1) is 0 Å². The summed E-state index contributed by atoms with van der Waals surface area (Å²) in [5.74, 6) is -8.64. The molecule has 2 bridgehead atoms. The number of amides is 4. The molecule has 3 saturated heterocycles. The Labute approximate surface area is 790 Å². The number of piperidine rings is 1.